The predicted octanol–water partition coefficient (Wildman–Crippen LogP) is 1.27. The summed E-state index contributed by atoms with van der Waals surface area (Å²) in [5.41, 5.74) is 0. The third-order valence-corrected chi connectivity index (χ3v) is 6.48. The summed E-state index contributed by atoms with van der Waals surface area (Å²) in [5, 5.41) is 0. The Balaban J connectivity index is 1.94. The summed E-state index contributed by atoms with van der Waals surface area (Å²) in [7, 11) is 0.241. The highest BCUT2D eigenvalue weighted by atomic mass is 32.2. The second-order valence-corrected chi connectivity index (χ2v) is 8.52. The van der Waals surface area contributed by atoms with Crippen molar-refractivity contribution in [1.82, 2.24) is 9.80 Å². The van der Waals surface area contributed by atoms with Crippen LogP contribution in [0.4, 0.5) is 0 Å². The fourth-order valence-electron chi connectivity index (χ4n) is 2.73. The van der Waals surface area contributed by atoms with Gasteiger partial charge in [0.15, 0.2) is 0 Å². The lowest BCUT2D eigenvalue weighted by Gasteiger charge is -2.33. The molecular formula is C13H27N3OS. The first-order valence-corrected chi connectivity index (χ1v) is 8.98. The van der Waals surface area contributed by atoms with E-state index in [1.807, 2.05) is 0 Å². The van der Waals surface area contributed by atoms with Crippen molar-refractivity contribution in [3.05, 3.63) is 0 Å². The van der Waals surface area contributed by atoms with Crippen molar-refractivity contribution in [2.75, 3.05) is 44.7 Å². The highest BCUT2D eigenvalue weighted by Crippen LogP contribution is 2.17. The minimum Gasteiger partial charge on any atom is -0.306 e. The van der Waals surface area contributed by atoms with Crippen LogP contribution in [0, 0.1) is 0 Å². The zero-order valence-corrected chi connectivity index (χ0v) is 12.8. The molecule has 0 saturated carbocycles. The van der Waals surface area contributed by atoms with Crippen molar-refractivity contribution in [2.24, 2.45) is 4.36 Å². The Bertz CT molecular complexity index is 366. The standard InChI is InChI=1S/C13H27N3OS/c1-12(2)16-8-10-18(17,11-9-16)14-13-4-6-15(3)7-5-13/h12-13H,4-11H2,1-3H3. The molecule has 2 saturated heterocycles. The monoisotopic (exact) mass is 273 g/mol. The Morgan fingerprint density at radius 2 is 1.67 bits per heavy atom. The number of rotatable bonds is 2. The summed E-state index contributed by atoms with van der Waals surface area (Å²) in [6, 6.07) is 0.914. The molecule has 0 bridgehead atoms. The molecule has 2 aliphatic rings. The summed E-state index contributed by atoms with van der Waals surface area (Å²) >= 11 is 0. The van der Waals surface area contributed by atoms with Gasteiger partial charge >= 0.3 is 0 Å². The average Bonchev–Trinajstić information content (AvgIpc) is 2.32. The molecular weight excluding hydrogens is 246 g/mol. The lowest BCUT2D eigenvalue weighted by molar-refractivity contribution is 0.241. The summed E-state index contributed by atoms with van der Waals surface area (Å²) in [5.74, 6) is 1.55. The molecule has 2 rings (SSSR count). The maximum absolute atomic E-state index is 12.7. The topological polar surface area (TPSA) is 35.9 Å². The summed E-state index contributed by atoms with van der Waals surface area (Å²) in [6.07, 6.45) is 2.17. The SMILES string of the molecule is CC(C)N1CCS(=O)(=NC2CCN(C)CC2)CC1. The molecule has 4 nitrogen and oxygen atoms in total. The van der Waals surface area contributed by atoms with E-state index >= 15 is 0 Å². The van der Waals surface area contributed by atoms with Crippen LogP contribution >= 0.6 is 0 Å². The minimum absolute atomic E-state index is 0.347. The lowest BCUT2D eigenvalue weighted by Crippen LogP contribution is -2.44. The minimum atomic E-state index is -1.91. The first kappa shape index (κ1) is 14.3. The summed E-state index contributed by atoms with van der Waals surface area (Å²) in [4.78, 5) is 4.74. The van der Waals surface area contributed by atoms with E-state index in [0.717, 1.165) is 50.5 Å². The molecule has 18 heavy (non-hydrogen) atoms. The van der Waals surface area contributed by atoms with E-state index in [4.69, 9.17) is 4.36 Å². The zero-order chi connectivity index (χ0) is 13.2. The zero-order valence-electron chi connectivity index (χ0n) is 12.0. The predicted molar refractivity (Wildman–Crippen MR) is 77.5 cm³/mol. The fraction of sp³-hybridized carbons (Fsp3) is 1.00. The molecule has 0 aromatic carbocycles. The molecule has 0 N–H and O–H groups in total. The first-order chi connectivity index (χ1) is 8.48. The maximum atomic E-state index is 12.7. The van der Waals surface area contributed by atoms with E-state index < -0.39 is 9.73 Å². The van der Waals surface area contributed by atoms with Crippen LogP contribution in [0.2, 0.25) is 0 Å². The quantitative estimate of drug-likeness (QED) is 0.760. The second kappa shape index (κ2) is 5.88. The van der Waals surface area contributed by atoms with E-state index in [9.17, 15) is 4.21 Å². The Morgan fingerprint density at radius 3 is 2.17 bits per heavy atom. The van der Waals surface area contributed by atoms with Gasteiger partial charge in [-0.2, -0.15) is 0 Å². The van der Waals surface area contributed by atoms with Gasteiger partial charge in [-0.1, -0.05) is 0 Å². The van der Waals surface area contributed by atoms with Crippen LogP contribution < -0.4 is 0 Å². The average molecular weight is 273 g/mol. The molecule has 0 spiro atoms. The van der Waals surface area contributed by atoms with E-state index in [0.29, 0.717) is 12.1 Å². The number of piperidine rings is 1. The van der Waals surface area contributed by atoms with E-state index in [-0.39, 0.29) is 0 Å². The van der Waals surface area contributed by atoms with Gasteiger partial charge < -0.3 is 4.90 Å². The van der Waals surface area contributed by atoms with Gasteiger partial charge in [-0.3, -0.25) is 4.90 Å². The highest BCUT2D eigenvalue weighted by Gasteiger charge is 2.24. The number of hydrogen-bond acceptors (Lipinski definition) is 4. The van der Waals surface area contributed by atoms with Crippen molar-refractivity contribution in [3.63, 3.8) is 0 Å². The smallest absolute Gasteiger partial charge is 0.0618 e. The second-order valence-electron chi connectivity index (χ2n) is 5.95. The normalized spacial score (nSPS) is 27.6. The van der Waals surface area contributed by atoms with Gasteiger partial charge in [-0.05, 0) is 46.8 Å². The van der Waals surface area contributed by atoms with Gasteiger partial charge in [-0.25, -0.2) is 8.57 Å². The Morgan fingerprint density at radius 1 is 1.11 bits per heavy atom. The van der Waals surface area contributed by atoms with Crippen LogP contribution in [0.1, 0.15) is 26.7 Å². The molecule has 0 aliphatic carbocycles. The van der Waals surface area contributed by atoms with Crippen molar-refractivity contribution in [1.29, 1.82) is 0 Å². The van der Waals surface area contributed by atoms with Gasteiger partial charge in [0.05, 0.1) is 6.04 Å². The Hall–Kier alpha value is -0.130. The van der Waals surface area contributed by atoms with E-state index in [1.165, 1.54) is 0 Å². The van der Waals surface area contributed by atoms with Crippen LogP contribution in [0.25, 0.3) is 0 Å². The van der Waals surface area contributed by atoms with Crippen molar-refractivity contribution < 1.29 is 4.21 Å². The molecule has 2 fully saturated rings. The molecule has 0 atom stereocenters. The molecule has 106 valence electrons. The van der Waals surface area contributed by atoms with Crippen LogP contribution in [-0.4, -0.2) is 70.8 Å². The van der Waals surface area contributed by atoms with Crippen molar-refractivity contribution in [3.8, 4) is 0 Å². The third-order valence-electron chi connectivity index (χ3n) is 4.15. The Kier molecular flexibility index (Phi) is 4.67. The van der Waals surface area contributed by atoms with Crippen molar-refractivity contribution in [2.45, 2.75) is 38.8 Å². The molecule has 2 aliphatic heterocycles. The van der Waals surface area contributed by atoms with Crippen LogP contribution in [-0.2, 0) is 9.73 Å². The molecule has 0 amide bonds. The summed E-state index contributed by atoms with van der Waals surface area (Å²) < 4.78 is 17.4. The number of likely N-dealkylation sites (tertiary alicyclic amines) is 1. The summed E-state index contributed by atoms with van der Waals surface area (Å²) in [6.45, 7) is 8.52. The Labute approximate surface area is 112 Å². The van der Waals surface area contributed by atoms with Gasteiger partial charge in [-0.15, -0.1) is 0 Å². The van der Waals surface area contributed by atoms with Crippen LogP contribution in [0.15, 0.2) is 4.36 Å². The molecule has 5 heteroatoms. The largest absolute Gasteiger partial charge is 0.306 e. The molecule has 0 radical (unpaired) electrons. The third kappa shape index (κ3) is 3.68. The molecule has 0 aromatic rings. The van der Waals surface area contributed by atoms with Gasteiger partial charge in [0, 0.05) is 40.4 Å². The van der Waals surface area contributed by atoms with Gasteiger partial charge in [0.25, 0.3) is 0 Å². The number of hydrogen-bond donors (Lipinski definition) is 0. The van der Waals surface area contributed by atoms with Crippen molar-refractivity contribution >= 4 is 9.73 Å². The van der Waals surface area contributed by atoms with Crippen LogP contribution in [0.5, 0.6) is 0 Å². The number of nitrogens with zero attached hydrogens (tertiary/aromatic N) is 3. The molecule has 2 heterocycles. The molecule has 0 unspecified atom stereocenters. The first-order valence-electron chi connectivity index (χ1n) is 7.13. The van der Waals surface area contributed by atoms with E-state index in [1.54, 1.807) is 0 Å². The van der Waals surface area contributed by atoms with Gasteiger partial charge in [0.2, 0.25) is 0 Å². The maximum Gasteiger partial charge on any atom is 0.0618 e. The fourth-order valence-corrected chi connectivity index (χ4v) is 4.94. The van der Waals surface area contributed by atoms with E-state index in [2.05, 4.69) is 30.7 Å². The molecule has 0 aromatic heterocycles. The van der Waals surface area contributed by atoms with Crippen LogP contribution in [0.3, 0.4) is 0 Å². The van der Waals surface area contributed by atoms with Gasteiger partial charge in [0.1, 0.15) is 0 Å². The lowest BCUT2D eigenvalue weighted by atomic mass is 10.1. The highest BCUT2D eigenvalue weighted by molar-refractivity contribution is 7.93.